The lowest BCUT2D eigenvalue weighted by Gasteiger charge is -2.09. The van der Waals surface area contributed by atoms with Crippen molar-refractivity contribution in [3.05, 3.63) is 67.3 Å². The maximum absolute atomic E-state index is 10.9. The van der Waals surface area contributed by atoms with Crippen molar-refractivity contribution >= 4 is 34.0 Å². The zero-order valence-electron chi connectivity index (χ0n) is 10.4. The molecule has 0 aliphatic heterocycles. The highest BCUT2D eigenvalue weighted by Gasteiger charge is 2.12. The predicted octanol–water partition coefficient (Wildman–Crippen LogP) is 4.12. The van der Waals surface area contributed by atoms with Crippen LogP contribution in [0.15, 0.2) is 42.5 Å². The quantitative estimate of drug-likeness (QED) is 0.502. The Labute approximate surface area is 125 Å². The summed E-state index contributed by atoms with van der Waals surface area (Å²) in [6.45, 7) is 2.36. The third-order valence-electron chi connectivity index (χ3n) is 2.92. The number of hydrogen-bond donors (Lipinski definition) is 1. The van der Waals surface area contributed by atoms with Crippen molar-refractivity contribution in [3.63, 3.8) is 0 Å². The molecule has 0 amide bonds. The molecular weight excluding hydrogens is 355 g/mol. The first kappa shape index (κ1) is 13.8. The summed E-state index contributed by atoms with van der Waals surface area (Å²) in [5.74, 6) is 0. The highest BCUT2D eigenvalue weighted by molar-refractivity contribution is 14.1. The molecular formula is C14H13IN2O2. The highest BCUT2D eigenvalue weighted by atomic mass is 127. The van der Waals surface area contributed by atoms with Gasteiger partial charge in [-0.3, -0.25) is 10.1 Å². The van der Waals surface area contributed by atoms with E-state index in [1.165, 1.54) is 6.07 Å². The van der Waals surface area contributed by atoms with Crippen molar-refractivity contribution in [2.45, 2.75) is 13.5 Å². The maximum atomic E-state index is 10.9. The fraction of sp³-hybridized carbons (Fsp3) is 0.143. The summed E-state index contributed by atoms with van der Waals surface area (Å²) < 4.78 is 1.15. The van der Waals surface area contributed by atoms with E-state index >= 15 is 0 Å². The smallest absolute Gasteiger partial charge is 0.272 e. The molecule has 1 N–H and O–H groups in total. The summed E-state index contributed by atoms with van der Waals surface area (Å²) in [5.41, 5.74) is 2.83. The summed E-state index contributed by atoms with van der Waals surface area (Å²) in [4.78, 5) is 10.5. The molecule has 0 bridgehead atoms. The highest BCUT2D eigenvalue weighted by Crippen LogP contribution is 2.22. The SMILES string of the molecule is Cc1c(CNc2cccc(I)c2)cccc1[N+](=O)[O-]. The van der Waals surface area contributed by atoms with Crippen LogP contribution in [-0.2, 0) is 6.54 Å². The average Bonchev–Trinajstić information content (AvgIpc) is 2.37. The third kappa shape index (κ3) is 3.44. The molecule has 0 fully saturated rings. The first-order valence-electron chi connectivity index (χ1n) is 5.80. The van der Waals surface area contributed by atoms with Crippen LogP contribution in [-0.4, -0.2) is 4.92 Å². The zero-order chi connectivity index (χ0) is 13.8. The van der Waals surface area contributed by atoms with E-state index in [1.54, 1.807) is 13.0 Å². The van der Waals surface area contributed by atoms with Crippen molar-refractivity contribution in [3.8, 4) is 0 Å². The van der Waals surface area contributed by atoms with Gasteiger partial charge in [0.25, 0.3) is 5.69 Å². The number of nitro benzene ring substituents is 1. The van der Waals surface area contributed by atoms with Crippen LogP contribution in [0.4, 0.5) is 11.4 Å². The number of anilines is 1. The standard InChI is InChI=1S/C14H13IN2O2/c1-10-11(4-2-7-14(10)17(18)19)9-16-13-6-3-5-12(15)8-13/h2-8,16H,9H2,1H3. The molecule has 4 nitrogen and oxygen atoms in total. The number of nitrogens with one attached hydrogen (secondary N) is 1. The Balaban J connectivity index is 2.16. The first-order valence-corrected chi connectivity index (χ1v) is 6.88. The first-order chi connectivity index (χ1) is 9.08. The van der Waals surface area contributed by atoms with Crippen molar-refractivity contribution < 1.29 is 4.92 Å². The third-order valence-corrected chi connectivity index (χ3v) is 3.59. The average molecular weight is 368 g/mol. The van der Waals surface area contributed by atoms with E-state index in [1.807, 2.05) is 30.3 Å². The minimum absolute atomic E-state index is 0.168. The van der Waals surface area contributed by atoms with E-state index in [0.29, 0.717) is 12.1 Å². The Kier molecular flexibility index (Phi) is 4.36. The van der Waals surface area contributed by atoms with Crippen molar-refractivity contribution in [2.75, 3.05) is 5.32 Å². The van der Waals surface area contributed by atoms with Gasteiger partial charge < -0.3 is 5.32 Å². The van der Waals surface area contributed by atoms with Gasteiger partial charge in [-0.2, -0.15) is 0 Å². The summed E-state index contributed by atoms with van der Waals surface area (Å²) in [6.07, 6.45) is 0. The van der Waals surface area contributed by atoms with Crippen LogP contribution in [0, 0.1) is 20.6 Å². The lowest BCUT2D eigenvalue weighted by atomic mass is 10.1. The molecule has 0 heterocycles. The van der Waals surface area contributed by atoms with E-state index in [-0.39, 0.29) is 10.6 Å². The van der Waals surface area contributed by atoms with Crippen LogP contribution in [0.25, 0.3) is 0 Å². The maximum Gasteiger partial charge on any atom is 0.272 e. The summed E-state index contributed by atoms with van der Waals surface area (Å²) in [6, 6.07) is 13.2. The van der Waals surface area contributed by atoms with Crippen LogP contribution in [0.2, 0.25) is 0 Å². The van der Waals surface area contributed by atoms with E-state index in [0.717, 1.165) is 14.8 Å². The number of benzene rings is 2. The molecule has 0 saturated carbocycles. The molecule has 0 aromatic heterocycles. The minimum atomic E-state index is -0.343. The van der Waals surface area contributed by atoms with Gasteiger partial charge in [0.15, 0.2) is 0 Å². The Hall–Kier alpha value is -1.63. The lowest BCUT2D eigenvalue weighted by Crippen LogP contribution is -2.03. The van der Waals surface area contributed by atoms with Crippen LogP contribution in [0.5, 0.6) is 0 Å². The molecule has 0 saturated heterocycles. The topological polar surface area (TPSA) is 55.2 Å². The second kappa shape index (κ2) is 6.01. The van der Waals surface area contributed by atoms with Crippen molar-refractivity contribution in [1.82, 2.24) is 0 Å². The summed E-state index contributed by atoms with van der Waals surface area (Å²) in [7, 11) is 0. The van der Waals surface area contributed by atoms with Gasteiger partial charge in [-0.1, -0.05) is 18.2 Å². The Morgan fingerprint density at radius 2 is 2.00 bits per heavy atom. The number of halogens is 1. The molecule has 0 aliphatic carbocycles. The van der Waals surface area contributed by atoms with Crippen LogP contribution in [0.3, 0.4) is 0 Å². The lowest BCUT2D eigenvalue weighted by molar-refractivity contribution is -0.385. The molecule has 19 heavy (non-hydrogen) atoms. The molecule has 98 valence electrons. The van der Waals surface area contributed by atoms with Gasteiger partial charge in [-0.05, 0) is 53.3 Å². The van der Waals surface area contributed by atoms with Gasteiger partial charge in [0, 0.05) is 27.4 Å². The molecule has 2 aromatic carbocycles. The second-order valence-corrected chi connectivity index (χ2v) is 5.43. The van der Waals surface area contributed by atoms with Crippen molar-refractivity contribution in [1.29, 1.82) is 0 Å². The number of nitro groups is 1. The summed E-state index contributed by atoms with van der Waals surface area (Å²) >= 11 is 2.25. The largest absolute Gasteiger partial charge is 0.381 e. The minimum Gasteiger partial charge on any atom is -0.381 e. The second-order valence-electron chi connectivity index (χ2n) is 4.18. The van der Waals surface area contributed by atoms with Gasteiger partial charge in [-0.25, -0.2) is 0 Å². The van der Waals surface area contributed by atoms with Crippen LogP contribution in [0.1, 0.15) is 11.1 Å². The van der Waals surface area contributed by atoms with Crippen LogP contribution < -0.4 is 5.32 Å². The fourth-order valence-corrected chi connectivity index (χ4v) is 2.40. The fourth-order valence-electron chi connectivity index (χ4n) is 1.85. The molecule has 5 heteroatoms. The number of hydrogen-bond acceptors (Lipinski definition) is 3. The van der Waals surface area contributed by atoms with E-state index in [2.05, 4.69) is 27.9 Å². The number of rotatable bonds is 4. The van der Waals surface area contributed by atoms with E-state index in [4.69, 9.17) is 0 Å². The van der Waals surface area contributed by atoms with Crippen LogP contribution >= 0.6 is 22.6 Å². The van der Waals surface area contributed by atoms with Gasteiger partial charge >= 0.3 is 0 Å². The molecule has 2 aromatic rings. The Morgan fingerprint density at radius 3 is 2.68 bits per heavy atom. The molecule has 0 atom stereocenters. The van der Waals surface area contributed by atoms with Gasteiger partial charge in [-0.15, -0.1) is 0 Å². The molecule has 0 radical (unpaired) electrons. The van der Waals surface area contributed by atoms with Gasteiger partial charge in [0.1, 0.15) is 0 Å². The van der Waals surface area contributed by atoms with E-state index < -0.39 is 0 Å². The monoisotopic (exact) mass is 368 g/mol. The Bertz CT molecular complexity index is 614. The molecule has 2 rings (SSSR count). The Morgan fingerprint density at radius 1 is 1.26 bits per heavy atom. The molecule has 0 spiro atoms. The normalized spacial score (nSPS) is 10.2. The van der Waals surface area contributed by atoms with E-state index in [9.17, 15) is 10.1 Å². The number of nitrogens with zero attached hydrogens (tertiary/aromatic N) is 1. The molecule has 0 unspecified atom stereocenters. The van der Waals surface area contributed by atoms with Gasteiger partial charge in [0.05, 0.1) is 4.92 Å². The zero-order valence-corrected chi connectivity index (χ0v) is 12.5. The van der Waals surface area contributed by atoms with Gasteiger partial charge in [0.2, 0.25) is 0 Å². The predicted molar refractivity (Wildman–Crippen MR) is 84.3 cm³/mol. The summed E-state index contributed by atoms with van der Waals surface area (Å²) in [5, 5.41) is 14.2. The molecule has 0 aliphatic rings. The van der Waals surface area contributed by atoms with Crippen molar-refractivity contribution in [2.24, 2.45) is 0 Å².